The number of alkyl halides is 3. The average molecular weight is 378 g/mol. The van der Waals surface area contributed by atoms with E-state index in [0.717, 1.165) is 31.4 Å². The molecule has 1 aromatic heterocycles. The number of nitrogens with one attached hydrogen (secondary N) is 1. The number of furan rings is 1. The number of rotatable bonds is 4. The van der Waals surface area contributed by atoms with E-state index >= 15 is 0 Å². The lowest BCUT2D eigenvalue weighted by atomic mass is 9.90. The molecule has 3 rings (SSSR count). The number of nitrogens with zero attached hydrogens (tertiary/aromatic N) is 1. The third-order valence-corrected chi connectivity index (χ3v) is 5.22. The summed E-state index contributed by atoms with van der Waals surface area (Å²) in [5.74, 6) is 5.45. The van der Waals surface area contributed by atoms with Gasteiger partial charge in [-0.05, 0) is 58.7 Å². The average Bonchev–Trinajstić information content (AvgIpc) is 2.93. The molecule has 3 nitrogen and oxygen atoms in total. The Morgan fingerprint density at radius 1 is 1.19 bits per heavy atom. The van der Waals surface area contributed by atoms with E-state index in [0.29, 0.717) is 23.1 Å². The standard InChI is InChI=1S/C21H25F3N2O/c1-4-6-19-17(13-21(22,23)24)16-7-5-8-18(20(16)27-19)25-14-9-11-15(12-10-14)26(2)3/h5,7-8,14-15,25H,9-13H2,1-3H3. The van der Waals surface area contributed by atoms with Crippen molar-refractivity contribution in [3.63, 3.8) is 0 Å². The number of fused-ring (bicyclic) bond motifs is 1. The first-order valence-corrected chi connectivity index (χ1v) is 9.25. The molecule has 27 heavy (non-hydrogen) atoms. The van der Waals surface area contributed by atoms with Crippen LogP contribution in [0.1, 0.15) is 43.9 Å². The van der Waals surface area contributed by atoms with Gasteiger partial charge in [0.2, 0.25) is 0 Å². The van der Waals surface area contributed by atoms with Crippen molar-refractivity contribution in [2.45, 2.75) is 57.3 Å². The van der Waals surface area contributed by atoms with Gasteiger partial charge in [-0.3, -0.25) is 0 Å². The Kier molecular flexibility index (Phi) is 5.71. The van der Waals surface area contributed by atoms with Crippen LogP contribution in [-0.4, -0.2) is 37.3 Å². The summed E-state index contributed by atoms with van der Waals surface area (Å²) >= 11 is 0. The molecule has 1 fully saturated rings. The molecule has 0 atom stereocenters. The molecule has 2 aromatic rings. The zero-order valence-corrected chi connectivity index (χ0v) is 15.9. The van der Waals surface area contributed by atoms with E-state index in [1.54, 1.807) is 19.1 Å². The molecule has 1 aliphatic rings. The van der Waals surface area contributed by atoms with Gasteiger partial charge in [-0.2, -0.15) is 13.2 Å². The van der Waals surface area contributed by atoms with Crippen molar-refractivity contribution in [1.82, 2.24) is 4.90 Å². The van der Waals surface area contributed by atoms with Crippen molar-refractivity contribution in [3.05, 3.63) is 29.5 Å². The van der Waals surface area contributed by atoms with Crippen molar-refractivity contribution in [2.75, 3.05) is 19.4 Å². The Bertz CT molecular complexity index is 850. The number of hydrogen-bond acceptors (Lipinski definition) is 3. The quantitative estimate of drug-likeness (QED) is 0.742. The van der Waals surface area contributed by atoms with Gasteiger partial charge in [0.1, 0.15) is 0 Å². The molecular formula is C21H25F3N2O. The van der Waals surface area contributed by atoms with Gasteiger partial charge >= 0.3 is 6.18 Å². The highest BCUT2D eigenvalue weighted by Gasteiger charge is 2.32. The predicted octanol–water partition coefficient (Wildman–Crippen LogP) is 5.19. The molecule has 1 heterocycles. The van der Waals surface area contributed by atoms with Crippen LogP contribution in [0.3, 0.4) is 0 Å². The zero-order chi connectivity index (χ0) is 19.6. The van der Waals surface area contributed by atoms with Gasteiger partial charge in [-0.15, -0.1) is 0 Å². The maximum absolute atomic E-state index is 13.0. The molecule has 6 heteroatoms. The lowest BCUT2D eigenvalue weighted by molar-refractivity contribution is -0.127. The van der Waals surface area contributed by atoms with Gasteiger partial charge < -0.3 is 14.6 Å². The van der Waals surface area contributed by atoms with Gasteiger partial charge in [-0.25, -0.2) is 0 Å². The first-order valence-electron chi connectivity index (χ1n) is 9.25. The lowest BCUT2D eigenvalue weighted by Crippen LogP contribution is -2.36. The molecule has 0 bridgehead atoms. The van der Waals surface area contributed by atoms with E-state index in [9.17, 15) is 13.2 Å². The molecule has 0 spiro atoms. The zero-order valence-electron chi connectivity index (χ0n) is 15.9. The van der Waals surface area contributed by atoms with Gasteiger partial charge in [0, 0.05) is 23.0 Å². The molecule has 146 valence electrons. The second-order valence-corrected chi connectivity index (χ2v) is 7.37. The number of anilines is 1. The number of benzene rings is 1. The molecule has 1 aliphatic carbocycles. The Balaban J connectivity index is 1.89. The highest BCUT2D eigenvalue weighted by Crippen LogP contribution is 2.36. The number of hydrogen-bond donors (Lipinski definition) is 1. The molecule has 1 saturated carbocycles. The van der Waals surface area contributed by atoms with Crippen molar-refractivity contribution in [3.8, 4) is 11.8 Å². The summed E-state index contributed by atoms with van der Waals surface area (Å²) in [5, 5.41) is 3.97. The van der Waals surface area contributed by atoms with E-state index in [1.807, 2.05) is 6.07 Å². The topological polar surface area (TPSA) is 28.4 Å². The molecule has 0 saturated heterocycles. The van der Waals surface area contributed by atoms with Gasteiger partial charge in [0.05, 0.1) is 12.1 Å². The smallest absolute Gasteiger partial charge is 0.393 e. The molecular weight excluding hydrogens is 353 g/mol. The van der Waals surface area contributed by atoms with Crippen molar-refractivity contribution in [2.24, 2.45) is 0 Å². The Morgan fingerprint density at radius 3 is 2.48 bits per heavy atom. The van der Waals surface area contributed by atoms with Crippen LogP contribution in [0.15, 0.2) is 22.6 Å². The van der Waals surface area contributed by atoms with Crippen molar-refractivity contribution < 1.29 is 17.6 Å². The summed E-state index contributed by atoms with van der Waals surface area (Å²) in [4.78, 5) is 2.25. The highest BCUT2D eigenvalue weighted by molar-refractivity contribution is 5.93. The van der Waals surface area contributed by atoms with Gasteiger partial charge in [0.25, 0.3) is 0 Å². The normalized spacial score (nSPS) is 20.6. The fraction of sp³-hybridized carbons (Fsp3) is 0.524. The highest BCUT2D eigenvalue weighted by atomic mass is 19.4. The number of halogens is 3. The fourth-order valence-corrected chi connectivity index (χ4v) is 3.83. The van der Waals surface area contributed by atoms with E-state index in [4.69, 9.17) is 4.42 Å². The van der Waals surface area contributed by atoms with Crippen molar-refractivity contribution in [1.29, 1.82) is 0 Å². The van der Waals surface area contributed by atoms with E-state index < -0.39 is 12.6 Å². The SMILES string of the molecule is CC#Cc1oc2c(NC3CCC(N(C)C)CC3)cccc2c1CC(F)(F)F. The van der Waals surface area contributed by atoms with E-state index in [-0.39, 0.29) is 11.3 Å². The third-order valence-electron chi connectivity index (χ3n) is 5.22. The van der Waals surface area contributed by atoms with Crippen LogP contribution < -0.4 is 5.32 Å². The third kappa shape index (κ3) is 4.59. The summed E-state index contributed by atoms with van der Waals surface area (Å²) in [7, 11) is 4.20. The van der Waals surface area contributed by atoms with Crippen LogP contribution in [0.5, 0.6) is 0 Å². The van der Waals surface area contributed by atoms with Gasteiger partial charge in [-0.1, -0.05) is 18.1 Å². The molecule has 0 aliphatic heterocycles. The first kappa shape index (κ1) is 19.6. The summed E-state index contributed by atoms with van der Waals surface area (Å²) in [5.41, 5.74) is 1.32. The first-order chi connectivity index (χ1) is 12.8. The van der Waals surface area contributed by atoms with E-state index in [2.05, 4.69) is 36.2 Å². The summed E-state index contributed by atoms with van der Waals surface area (Å²) in [6.45, 7) is 1.59. The van der Waals surface area contributed by atoms with E-state index in [1.165, 1.54) is 0 Å². The lowest BCUT2D eigenvalue weighted by Gasteiger charge is -2.33. The molecule has 1 N–H and O–H groups in total. The maximum Gasteiger partial charge on any atom is 0.393 e. The second-order valence-electron chi connectivity index (χ2n) is 7.37. The summed E-state index contributed by atoms with van der Waals surface area (Å²) in [6.07, 6.45) is -1.10. The Hall–Kier alpha value is -2.13. The van der Waals surface area contributed by atoms with Crippen LogP contribution in [0.2, 0.25) is 0 Å². The predicted molar refractivity (Wildman–Crippen MR) is 102 cm³/mol. The van der Waals surface area contributed by atoms with Crippen molar-refractivity contribution >= 4 is 16.7 Å². The molecule has 1 aromatic carbocycles. The fourth-order valence-electron chi connectivity index (χ4n) is 3.83. The summed E-state index contributed by atoms with van der Waals surface area (Å²) in [6, 6.07) is 6.20. The minimum Gasteiger partial charge on any atom is -0.445 e. The minimum absolute atomic E-state index is 0.107. The van der Waals surface area contributed by atoms with Crippen LogP contribution in [-0.2, 0) is 6.42 Å². The maximum atomic E-state index is 13.0. The largest absolute Gasteiger partial charge is 0.445 e. The second kappa shape index (κ2) is 7.85. The van der Waals surface area contributed by atoms with Crippen LogP contribution in [0.25, 0.3) is 11.0 Å². The van der Waals surface area contributed by atoms with Crippen LogP contribution in [0, 0.1) is 11.8 Å². The summed E-state index contributed by atoms with van der Waals surface area (Å²) < 4.78 is 44.9. The Morgan fingerprint density at radius 2 is 1.89 bits per heavy atom. The number of para-hydroxylation sites is 1. The molecule has 0 unspecified atom stereocenters. The van der Waals surface area contributed by atoms with Crippen LogP contribution in [0.4, 0.5) is 18.9 Å². The van der Waals surface area contributed by atoms with Gasteiger partial charge in [0.15, 0.2) is 11.3 Å². The Labute approximate surface area is 157 Å². The van der Waals surface area contributed by atoms with Crippen LogP contribution >= 0.6 is 0 Å². The minimum atomic E-state index is -4.31. The monoisotopic (exact) mass is 378 g/mol. The molecule has 0 radical (unpaired) electrons. The molecule has 0 amide bonds.